The smallest absolute Gasteiger partial charge is 0.119 e. The van der Waals surface area contributed by atoms with Crippen molar-refractivity contribution in [2.45, 2.75) is 6.92 Å². The molecule has 4 nitrogen and oxygen atoms in total. The van der Waals surface area contributed by atoms with Crippen LogP contribution in [0.2, 0.25) is 10.0 Å². The molecule has 0 spiro atoms. The summed E-state index contributed by atoms with van der Waals surface area (Å²) in [6.45, 7) is 2.91. The molecule has 0 bridgehead atoms. The van der Waals surface area contributed by atoms with E-state index >= 15 is 0 Å². The average Bonchev–Trinajstić information content (AvgIpc) is 2.57. The van der Waals surface area contributed by atoms with E-state index in [1.807, 2.05) is 43.1 Å². The maximum absolute atomic E-state index is 6.33. The molecule has 0 radical (unpaired) electrons. The Balaban J connectivity index is 2.20. The third-order valence-corrected chi connectivity index (χ3v) is 3.91. The van der Waals surface area contributed by atoms with Gasteiger partial charge in [-0.25, -0.2) is 4.99 Å². The normalized spacial score (nSPS) is 10.8. The zero-order chi connectivity index (χ0) is 16.8. The van der Waals surface area contributed by atoms with Gasteiger partial charge in [-0.1, -0.05) is 23.2 Å². The maximum Gasteiger partial charge on any atom is 0.119 e. The zero-order valence-corrected chi connectivity index (χ0v) is 14.8. The number of hydrogen-bond donors (Lipinski definition) is 1. The minimum atomic E-state index is 0.533. The fourth-order valence-corrected chi connectivity index (χ4v) is 2.22. The van der Waals surface area contributed by atoms with Gasteiger partial charge in [0.1, 0.15) is 5.75 Å². The lowest BCUT2D eigenvalue weighted by molar-refractivity contribution is 0.415. The Labute approximate surface area is 146 Å². The summed E-state index contributed by atoms with van der Waals surface area (Å²) in [7, 11) is 3.58. The van der Waals surface area contributed by atoms with Crippen LogP contribution in [0.15, 0.2) is 41.4 Å². The van der Waals surface area contributed by atoms with E-state index in [2.05, 4.69) is 10.3 Å². The quantitative estimate of drug-likeness (QED) is 0.562. The topological polar surface area (TPSA) is 36.9 Å². The van der Waals surface area contributed by atoms with Crippen molar-refractivity contribution in [1.82, 2.24) is 4.90 Å². The number of halogens is 2. The van der Waals surface area contributed by atoms with E-state index in [0.29, 0.717) is 15.7 Å². The molecule has 0 amide bonds. The summed E-state index contributed by atoms with van der Waals surface area (Å²) < 4.78 is 5.14. The van der Waals surface area contributed by atoms with E-state index in [-0.39, 0.29) is 0 Å². The number of anilines is 2. The van der Waals surface area contributed by atoms with Gasteiger partial charge in [0, 0.05) is 19.3 Å². The second-order valence-corrected chi connectivity index (χ2v) is 5.77. The van der Waals surface area contributed by atoms with Crippen LogP contribution in [0, 0.1) is 0 Å². The van der Waals surface area contributed by atoms with Crippen LogP contribution >= 0.6 is 23.2 Å². The molecule has 0 heterocycles. The van der Waals surface area contributed by atoms with Gasteiger partial charge in [-0.2, -0.15) is 0 Å². The fourth-order valence-electron chi connectivity index (χ4n) is 1.80. The van der Waals surface area contributed by atoms with Crippen molar-refractivity contribution in [3.05, 3.63) is 46.4 Å². The van der Waals surface area contributed by atoms with Gasteiger partial charge in [-0.3, -0.25) is 0 Å². The van der Waals surface area contributed by atoms with E-state index in [1.165, 1.54) is 0 Å². The van der Waals surface area contributed by atoms with Crippen molar-refractivity contribution < 1.29 is 4.74 Å². The molecule has 0 saturated heterocycles. The lowest BCUT2D eigenvalue weighted by atomic mass is 10.2. The second-order valence-electron chi connectivity index (χ2n) is 4.95. The van der Waals surface area contributed by atoms with E-state index in [4.69, 9.17) is 27.9 Å². The minimum Gasteiger partial charge on any atom is -0.497 e. The molecule has 0 aliphatic carbocycles. The van der Waals surface area contributed by atoms with Gasteiger partial charge in [0.05, 0.1) is 34.9 Å². The summed E-state index contributed by atoms with van der Waals surface area (Å²) in [4.78, 5) is 6.30. The van der Waals surface area contributed by atoms with Crippen LogP contribution < -0.4 is 10.1 Å². The number of benzene rings is 2. The number of hydrogen-bond acceptors (Lipinski definition) is 3. The van der Waals surface area contributed by atoms with E-state index in [0.717, 1.165) is 23.7 Å². The Bertz CT molecular complexity index is 687. The Morgan fingerprint density at radius 2 is 1.87 bits per heavy atom. The van der Waals surface area contributed by atoms with E-state index in [9.17, 15) is 0 Å². The van der Waals surface area contributed by atoms with Crippen molar-refractivity contribution in [2.75, 3.05) is 26.0 Å². The Morgan fingerprint density at radius 3 is 2.48 bits per heavy atom. The number of methoxy groups -OCH3 is 1. The van der Waals surface area contributed by atoms with Crippen LogP contribution in [0.5, 0.6) is 5.75 Å². The van der Waals surface area contributed by atoms with Crippen LogP contribution in [0.3, 0.4) is 0 Å². The van der Waals surface area contributed by atoms with Crippen LogP contribution in [0.25, 0.3) is 0 Å². The van der Waals surface area contributed by atoms with Crippen molar-refractivity contribution in [3.8, 4) is 5.75 Å². The molecule has 0 atom stereocenters. The molecule has 0 aliphatic heterocycles. The molecule has 122 valence electrons. The van der Waals surface area contributed by atoms with Crippen molar-refractivity contribution >= 4 is 46.6 Å². The van der Waals surface area contributed by atoms with Gasteiger partial charge in [-0.15, -0.1) is 0 Å². The minimum absolute atomic E-state index is 0.533. The Morgan fingerprint density at radius 1 is 1.17 bits per heavy atom. The molecule has 6 heteroatoms. The maximum atomic E-state index is 6.33. The predicted molar refractivity (Wildman–Crippen MR) is 99.2 cm³/mol. The highest BCUT2D eigenvalue weighted by Gasteiger charge is 2.07. The second kappa shape index (κ2) is 8.09. The van der Waals surface area contributed by atoms with Gasteiger partial charge in [0.2, 0.25) is 0 Å². The Kier molecular flexibility index (Phi) is 6.13. The van der Waals surface area contributed by atoms with E-state index < -0.39 is 0 Å². The van der Waals surface area contributed by atoms with E-state index in [1.54, 1.807) is 25.6 Å². The SMILES string of the molecule is CCN(C)C=Nc1cc(Cl)c(Nc2ccc(OC)cc2)cc1Cl. The average molecular weight is 352 g/mol. The number of nitrogens with one attached hydrogen (secondary N) is 1. The zero-order valence-electron chi connectivity index (χ0n) is 13.3. The lowest BCUT2D eigenvalue weighted by Crippen LogP contribution is -2.14. The summed E-state index contributed by atoms with van der Waals surface area (Å²) in [6.07, 6.45) is 1.73. The highest BCUT2D eigenvalue weighted by molar-refractivity contribution is 6.37. The van der Waals surface area contributed by atoms with Crippen molar-refractivity contribution in [2.24, 2.45) is 4.99 Å². The largest absolute Gasteiger partial charge is 0.497 e. The Hall–Kier alpha value is -1.91. The highest BCUT2D eigenvalue weighted by Crippen LogP contribution is 2.35. The summed E-state index contributed by atoms with van der Waals surface area (Å²) in [6, 6.07) is 11.1. The monoisotopic (exact) mass is 351 g/mol. The summed E-state index contributed by atoms with van der Waals surface area (Å²) in [5.41, 5.74) is 2.26. The summed E-state index contributed by atoms with van der Waals surface area (Å²) in [5.74, 6) is 0.796. The summed E-state index contributed by atoms with van der Waals surface area (Å²) in [5, 5.41) is 4.32. The van der Waals surface area contributed by atoms with Crippen molar-refractivity contribution in [1.29, 1.82) is 0 Å². The molecular formula is C17H19Cl2N3O. The first-order valence-electron chi connectivity index (χ1n) is 7.18. The van der Waals surface area contributed by atoms with Crippen LogP contribution in [-0.2, 0) is 0 Å². The van der Waals surface area contributed by atoms with Gasteiger partial charge in [-0.05, 0) is 43.3 Å². The molecule has 0 fully saturated rings. The third kappa shape index (κ3) is 4.78. The molecule has 23 heavy (non-hydrogen) atoms. The summed E-state index contributed by atoms with van der Waals surface area (Å²) >= 11 is 12.6. The van der Waals surface area contributed by atoms with Crippen LogP contribution in [0.4, 0.5) is 17.1 Å². The van der Waals surface area contributed by atoms with Crippen LogP contribution in [0.1, 0.15) is 6.92 Å². The molecule has 0 saturated carbocycles. The lowest BCUT2D eigenvalue weighted by Gasteiger charge is -2.12. The first kappa shape index (κ1) is 17.4. The first-order valence-corrected chi connectivity index (χ1v) is 7.93. The molecule has 2 aromatic carbocycles. The molecule has 0 aromatic heterocycles. The predicted octanol–water partition coefficient (Wildman–Crippen LogP) is 5.36. The van der Waals surface area contributed by atoms with Gasteiger partial charge < -0.3 is 15.0 Å². The molecule has 0 aliphatic rings. The van der Waals surface area contributed by atoms with Gasteiger partial charge in [0.15, 0.2) is 0 Å². The van der Waals surface area contributed by atoms with Crippen molar-refractivity contribution in [3.63, 3.8) is 0 Å². The fraction of sp³-hybridized carbons (Fsp3) is 0.235. The number of aliphatic imine (C=N–C) groups is 1. The molecule has 2 rings (SSSR count). The first-order chi connectivity index (χ1) is 11.0. The highest BCUT2D eigenvalue weighted by atomic mass is 35.5. The number of rotatable bonds is 6. The van der Waals surface area contributed by atoms with Gasteiger partial charge >= 0.3 is 0 Å². The molecule has 1 N–H and O–H groups in total. The van der Waals surface area contributed by atoms with Crippen LogP contribution in [-0.4, -0.2) is 31.9 Å². The molecule has 2 aromatic rings. The molecular weight excluding hydrogens is 333 g/mol. The number of nitrogens with zero attached hydrogens (tertiary/aromatic N) is 2. The van der Waals surface area contributed by atoms with Gasteiger partial charge in [0.25, 0.3) is 0 Å². The molecule has 0 unspecified atom stereocenters. The number of ether oxygens (including phenoxy) is 1. The third-order valence-electron chi connectivity index (χ3n) is 3.30. The standard InChI is InChI=1S/C17H19Cl2N3O/c1-4-22(2)11-20-16-9-15(19)17(10-14(16)18)21-12-5-7-13(23-3)8-6-12/h5-11,21H,4H2,1-3H3.